The summed E-state index contributed by atoms with van der Waals surface area (Å²) in [6.07, 6.45) is 0. The van der Waals surface area contributed by atoms with Gasteiger partial charge in [-0.25, -0.2) is 0 Å². The number of nitrogens with zero attached hydrogens (tertiary/aromatic N) is 2. The Kier molecular flexibility index (Phi) is 3.66. The summed E-state index contributed by atoms with van der Waals surface area (Å²) in [4.78, 5) is 4.81. The van der Waals surface area contributed by atoms with Crippen LogP contribution in [0.1, 0.15) is 12.5 Å². The van der Waals surface area contributed by atoms with Crippen LogP contribution in [0.15, 0.2) is 12.1 Å². The highest BCUT2D eigenvalue weighted by atomic mass is 16.5. The van der Waals surface area contributed by atoms with Crippen molar-refractivity contribution in [3.8, 4) is 5.75 Å². The topological polar surface area (TPSA) is 41.7 Å². The van der Waals surface area contributed by atoms with E-state index in [4.69, 9.17) is 10.5 Å². The molecule has 1 atom stereocenters. The van der Waals surface area contributed by atoms with Crippen molar-refractivity contribution in [1.82, 2.24) is 4.90 Å². The second-order valence-electron chi connectivity index (χ2n) is 5.16. The fourth-order valence-electron chi connectivity index (χ4n) is 2.48. The Morgan fingerprint density at radius 1 is 1.33 bits per heavy atom. The van der Waals surface area contributed by atoms with Gasteiger partial charge in [0.25, 0.3) is 0 Å². The van der Waals surface area contributed by atoms with Gasteiger partial charge in [-0.2, -0.15) is 0 Å². The van der Waals surface area contributed by atoms with Crippen LogP contribution >= 0.6 is 0 Å². The van der Waals surface area contributed by atoms with Crippen LogP contribution in [0.4, 0.5) is 11.4 Å². The van der Waals surface area contributed by atoms with Crippen LogP contribution in [0.5, 0.6) is 5.75 Å². The van der Waals surface area contributed by atoms with Crippen LogP contribution in [-0.2, 0) is 0 Å². The Balaban J connectivity index is 2.28. The first kappa shape index (κ1) is 13.0. The average molecular weight is 249 g/mol. The smallest absolute Gasteiger partial charge is 0.143 e. The monoisotopic (exact) mass is 249 g/mol. The number of likely N-dealkylation sites (N-methyl/N-ethyl adjacent to an activating group) is 1. The van der Waals surface area contributed by atoms with Crippen LogP contribution in [0.3, 0.4) is 0 Å². The molecule has 1 aliphatic rings. The summed E-state index contributed by atoms with van der Waals surface area (Å²) in [5, 5.41) is 0. The van der Waals surface area contributed by atoms with E-state index in [9.17, 15) is 0 Å². The molecule has 2 rings (SSSR count). The molecule has 4 heteroatoms. The Hall–Kier alpha value is -1.42. The number of benzene rings is 1. The molecule has 18 heavy (non-hydrogen) atoms. The zero-order valence-electron chi connectivity index (χ0n) is 11.7. The predicted octanol–water partition coefficient (Wildman–Crippen LogP) is 1.73. The average Bonchev–Trinajstić information content (AvgIpc) is 2.33. The first-order valence-corrected chi connectivity index (χ1v) is 6.42. The van der Waals surface area contributed by atoms with E-state index < -0.39 is 0 Å². The van der Waals surface area contributed by atoms with Gasteiger partial charge in [-0.15, -0.1) is 0 Å². The summed E-state index contributed by atoms with van der Waals surface area (Å²) in [5.41, 5.74) is 9.09. The second-order valence-corrected chi connectivity index (χ2v) is 5.16. The number of piperazine rings is 1. The van der Waals surface area contributed by atoms with Gasteiger partial charge in [0.1, 0.15) is 5.75 Å². The molecule has 100 valence electrons. The van der Waals surface area contributed by atoms with Crippen molar-refractivity contribution >= 4 is 11.4 Å². The molecule has 0 aromatic heterocycles. The summed E-state index contributed by atoms with van der Waals surface area (Å²) < 4.78 is 5.32. The third kappa shape index (κ3) is 2.38. The number of nitrogen functional groups attached to an aromatic ring is 1. The molecule has 0 radical (unpaired) electrons. The molecule has 1 saturated heterocycles. The molecule has 4 nitrogen and oxygen atoms in total. The lowest BCUT2D eigenvalue weighted by Gasteiger charge is -2.39. The molecule has 0 amide bonds. The van der Waals surface area contributed by atoms with Crippen molar-refractivity contribution in [2.75, 3.05) is 44.4 Å². The molecule has 0 saturated carbocycles. The number of rotatable bonds is 2. The molecule has 2 N–H and O–H groups in total. The molecule has 1 aromatic carbocycles. The number of hydrogen-bond donors (Lipinski definition) is 1. The second kappa shape index (κ2) is 5.06. The van der Waals surface area contributed by atoms with Crippen molar-refractivity contribution in [2.24, 2.45) is 0 Å². The summed E-state index contributed by atoms with van der Waals surface area (Å²) in [6.45, 7) is 7.55. The maximum absolute atomic E-state index is 5.93. The molecular formula is C14H23N3O. The molecular weight excluding hydrogens is 226 g/mol. The van der Waals surface area contributed by atoms with Gasteiger partial charge in [-0.1, -0.05) is 0 Å². The van der Waals surface area contributed by atoms with E-state index in [1.54, 1.807) is 7.11 Å². The van der Waals surface area contributed by atoms with Crippen molar-refractivity contribution < 1.29 is 4.74 Å². The van der Waals surface area contributed by atoms with Crippen molar-refractivity contribution in [3.63, 3.8) is 0 Å². The fraction of sp³-hybridized carbons (Fsp3) is 0.571. The maximum Gasteiger partial charge on any atom is 0.143 e. The van der Waals surface area contributed by atoms with Crippen LogP contribution < -0.4 is 15.4 Å². The SMILES string of the molecule is COc1cc(N2CCN(C)C(C)C2)c(C)cc1N. The minimum Gasteiger partial charge on any atom is -0.495 e. The fourth-order valence-corrected chi connectivity index (χ4v) is 2.48. The highest BCUT2D eigenvalue weighted by molar-refractivity contribution is 5.66. The zero-order valence-corrected chi connectivity index (χ0v) is 11.7. The van der Waals surface area contributed by atoms with Gasteiger partial charge in [0.15, 0.2) is 0 Å². The summed E-state index contributed by atoms with van der Waals surface area (Å²) in [5.74, 6) is 0.766. The summed E-state index contributed by atoms with van der Waals surface area (Å²) in [7, 11) is 3.84. The van der Waals surface area contributed by atoms with E-state index in [2.05, 4.69) is 36.8 Å². The van der Waals surface area contributed by atoms with Gasteiger partial charge < -0.3 is 20.3 Å². The number of hydrogen-bond acceptors (Lipinski definition) is 4. The van der Waals surface area contributed by atoms with Gasteiger partial charge in [0, 0.05) is 37.4 Å². The van der Waals surface area contributed by atoms with Gasteiger partial charge in [-0.05, 0) is 32.5 Å². The zero-order chi connectivity index (χ0) is 13.3. The Morgan fingerprint density at radius 2 is 2.06 bits per heavy atom. The first-order chi connectivity index (χ1) is 8.52. The van der Waals surface area contributed by atoms with Crippen molar-refractivity contribution in [1.29, 1.82) is 0 Å². The van der Waals surface area contributed by atoms with E-state index >= 15 is 0 Å². The third-order valence-corrected chi connectivity index (χ3v) is 3.85. The molecule has 0 bridgehead atoms. The van der Waals surface area contributed by atoms with E-state index in [1.807, 2.05) is 6.07 Å². The molecule has 1 heterocycles. The standard InChI is InChI=1S/C14H23N3O/c1-10-7-12(15)14(18-4)8-13(10)17-6-5-16(3)11(2)9-17/h7-8,11H,5-6,9,15H2,1-4H3. The highest BCUT2D eigenvalue weighted by Crippen LogP contribution is 2.32. The molecule has 0 aliphatic carbocycles. The Bertz CT molecular complexity index is 433. The third-order valence-electron chi connectivity index (χ3n) is 3.85. The molecule has 1 fully saturated rings. The largest absolute Gasteiger partial charge is 0.495 e. The van der Waals surface area contributed by atoms with Gasteiger partial charge in [0.2, 0.25) is 0 Å². The molecule has 1 aliphatic heterocycles. The number of nitrogens with two attached hydrogens (primary N) is 1. The highest BCUT2D eigenvalue weighted by Gasteiger charge is 2.22. The lowest BCUT2D eigenvalue weighted by molar-refractivity contribution is 0.234. The van der Waals surface area contributed by atoms with Gasteiger partial charge >= 0.3 is 0 Å². The van der Waals surface area contributed by atoms with Crippen molar-refractivity contribution in [2.45, 2.75) is 19.9 Å². The summed E-state index contributed by atoms with van der Waals surface area (Å²) in [6, 6.07) is 4.63. The number of methoxy groups -OCH3 is 1. The minimum atomic E-state index is 0.571. The van der Waals surface area contributed by atoms with Gasteiger partial charge in [-0.3, -0.25) is 0 Å². The molecule has 0 spiro atoms. The van der Waals surface area contributed by atoms with E-state index in [0.717, 1.165) is 25.4 Å². The lowest BCUT2D eigenvalue weighted by atomic mass is 10.1. The quantitative estimate of drug-likeness (QED) is 0.811. The van der Waals surface area contributed by atoms with Gasteiger partial charge in [0.05, 0.1) is 12.8 Å². The normalized spacial score (nSPS) is 21.1. The number of aryl methyl sites for hydroxylation is 1. The van der Waals surface area contributed by atoms with Crippen molar-refractivity contribution in [3.05, 3.63) is 17.7 Å². The minimum absolute atomic E-state index is 0.571. The molecule has 1 unspecified atom stereocenters. The van der Waals surface area contributed by atoms with Crippen LogP contribution in [-0.4, -0.2) is 44.7 Å². The van der Waals surface area contributed by atoms with Crippen LogP contribution in [0.25, 0.3) is 0 Å². The maximum atomic E-state index is 5.93. The van der Waals surface area contributed by atoms with Crippen LogP contribution in [0.2, 0.25) is 0 Å². The predicted molar refractivity (Wildman–Crippen MR) is 76.4 cm³/mol. The Labute approximate surface area is 109 Å². The number of ether oxygens (including phenoxy) is 1. The van der Waals surface area contributed by atoms with E-state index in [0.29, 0.717) is 11.7 Å². The molecule has 1 aromatic rings. The Morgan fingerprint density at radius 3 is 2.67 bits per heavy atom. The summed E-state index contributed by atoms with van der Waals surface area (Å²) >= 11 is 0. The van der Waals surface area contributed by atoms with E-state index in [-0.39, 0.29) is 0 Å². The van der Waals surface area contributed by atoms with Crippen LogP contribution in [0, 0.1) is 6.92 Å². The van der Waals surface area contributed by atoms with E-state index in [1.165, 1.54) is 11.3 Å². The first-order valence-electron chi connectivity index (χ1n) is 6.42. The lowest BCUT2D eigenvalue weighted by Crippen LogP contribution is -2.50. The number of anilines is 2.